The SMILES string of the molecule is CCCN(CCC)C(=O)COc1cccc2cccnc12. The van der Waals surface area contributed by atoms with Crippen LogP contribution in [0.15, 0.2) is 36.5 Å². The Morgan fingerprint density at radius 2 is 1.86 bits per heavy atom. The van der Waals surface area contributed by atoms with Gasteiger partial charge in [0.1, 0.15) is 11.3 Å². The summed E-state index contributed by atoms with van der Waals surface area (Å²) in [6.07, 6.45) is 3.65. The van der Waals surface area contributed by atoms with Crippen LogP contribution in [0, 0.1) is 0 Å². The van der Waals surface area contributed by atoms with Crippen molar-refractivity contribution >= 4 is 16.8 Å². The van der Waals surface area contributed by atoms with Crippen molar-refractivity contribution in [2.75, 3.05) is 19.7 Å². The van der Waals surface area contributed by atoms with Crippen LogP contribution in [0.3, 0.4) is 0 Å². The smallest absolute Gasteiger partial charge is 0.260 e. The molecule has 0 aliphatic heterocycles. The Morgan fingerprint density at radius 1 is 1.14 bits per heavy atom. The highest BCUT2D eigenvalue weighted by molar-refractivity contribution is 5.85. The molecule has 0 unspecified atom stereocenters. The number of hydrogen-bond acceptors (Lipinski definition) is 3. The Bertz CT molecular complexity index is 587. The molecule has 0 aliphatic rings. The van der Waals surface area contributed by atoms with Crippen LogP contribution < -0.4 is 4.74 Å². The van der Waals surface area contributed by atoms with E-state index >= 15 is 0 Å². The lowest BCUT2D eigenvalue weighted by molar-refractivity contribution is -0.133. The lowest BCUT2D eigenvalue weighted by Gasteiger charge is -2.21. The predicted octanol–water partition coefficient (Wildman–Crippen LogP) is 3.26. The van der Waals surface area contributed by atoms with Crippen molar-refractivity contribution in [3.8, 4) is 5.75 Å². The molecule has 2 aromatic rings. The molecule has 112 valence electrons. The lowest BCUT2D eigenvalue weighted by Crippen LogP contribution is -2.36. The van der Waals surface area contributed by atoms with Crippen LogP contribution >= 0.6 is 0 Å². The monoisotopic (exact) mass is 286 g/mol. The summed E-state index contributed by atoms with van der Waals surface area (Å²) in [6.45, 7) is 5.78. The average molecular weight is 286 g/mol. The highest BCUT2D eigenvalue weighted by Crippen LogP contribution is 2.22. The van der Waals surface area contributed by atoms with Crippen molar-refractivity contribution in [3.63, 3.8) is 0 Å². The maximum absolute atomic E-state index is 12.2. The second-order valence-electron chi connectivity index (χ2n) is 5.00. The normalized spacial score (nSPS) is 10.6. The number of carbonyl (C=O) groups excluding carboxylic acids is 1. The van der Waals surface area contributed by atoms with Gasteiger partial charge in [-0.25, -0.2) is 0 Å². The molecule has 0 saturated carbocycles. The summed E-state index contributed by atoms with van der Waals surface area (Å²) >= 11 is 0. The molecule has 0 bridgehead atoms. The summed E-state index contributed by atoms with van der Waals surface area (Å²) in [7, 11) is 0. The van der Waals surface area contributed by atoms with Gasteiger partial charge in [-0.2, -0.15) is 0 Å². The van der Waals surface area contributed by atoms with Gasteiger partial charge in [0.15, 0.2) is 6.61 Å². The van der Waals surface area contributed by atoms with Gasteiger partial charge in [0.05, 0.1) is 0 Å². The molecule has 0 radical (unpaired) electrons. The van der Waals surface area contributed by atoms with E-state index in [1.807, 2.05) is 35.2 Å². The molecule has 0 atom stereocenters. The summed E-state index contributed by atoms with van der Waals surface area (Å²) in [5, 5.41) is 1.02. The summed E-state index contributed by atoms with van der Waals surface area (Å²) < 4.78 is 5.70. The number of hydrogen-bond donors (Lipinski definition) is 0. The molecule has 0 fully saturated rings. The fourth-order valence-corrected chi connectivity index (χ4v) is 2.32. The van der Waals surface area contributed by atoms with Crippen LogP contribution in [0.25, 0.3) is 10.9 Å². The Labute approximate surface area is 125 Å². The summed E-state index contributed by atoms with van der Waals surface area (Å²) in [6, 6.07) is 9.63. The van der Waals surface area contributed by atoms with Gasteiger partial charge in [0, 0.05) is 24.7 Å². The number of ether oxygens (including phenoxy) is 1. The third-order valence-corrected chi connectivity index (χ3v) is 3.29. The van der Waals surface area contributed by atoms with Crippen LogP contribution in [0.2, 0.25) is 0 Å². The van der Waals surface area contributed by atoms with Gasteiger partial charge in [-0.15, -0.1) is 0 Å². The average Bonchev–Trinajstić information content (AvgIpc) is 2.52. The van der Waals surface area contributed by atoms with Crippen molar-refractivity contribution in [2.24, 2.45) is 0 Å². The Balaban J connectivity index is 2.05. The van der Waals surface area contributed by atoms with Gasteiger partial charge < -0.3 is 9.64 Å². The summed E-state index contributed by atoms with van der Waals surface area (Å²) in [5.41, 5.74) is 0.797. The molecule has 2 rings (SSSR count). The van der Waals surface area contributed by atoms with E-state index in [0.29, 0.717) is 5.75 Å². The molecular formula is C17H22N2O2. The van der Waals surface area contributed by atoms with E-state index in [1.54, 1.807) is 6.20 Å². The zero-order chi connectivity index (χ0) is 15.1. The fourth-order valence-electron chi connectivity index (χ4n) is 2.32. The number of carbonyl (C=O) groups is 1. The molecule has 21 heavy (non-hydrogen) atoms. The van der Waals surface area contributed by atoms with Crippen LogP contribution in [0.4, 0.5) is 0 Å². The van der Waals surface area contributed by atoms with E-state index < -0.39 is 0 Å². The second kappa shape index (κ2) is 7.62. The van der Waals surface area contributed by atoms with Gasteiger partial charge in [0.25, 0.3) is 5.91 Å². The first-order valence-electron chi connectivity index (χ1n) is 7.50. The fraction of sp³-hybridized carbons (Fsp3) is 0.412. The topological polar surface area (TPSA) is 42.4 Å². The number of para-hydroxylation sites is 1. The third-order valence-electron chi connectivity index (χ3n) is 3.29. The maximum Gasteiger partial charge on any atom is 0.260 e. The molecule has 0 saturated heterocycles. The van der Waals surface area contributed by atoms with E-state index in [0.717, 1.165) is 36.8 Å². The highest BCUT2D eigenvalue weighted by Gasteiger charge is 2.13. The van der Waals surface area contributed by atoms with E-state index in [1.165, 1.54) is 0 Å². The summed E-state index contributed by atoms with van der Waals surface area (Å²) in [5.74, 6) is 0.695. The zero-order valence-corrected chi connectivity index (χ0v) is 12.7. The molecule has 4 nitrogen and oxygen atoms in total. The van der Waals surface area contributed by atoms with E-state index in [4.69, 9.17) is 4.74 Å². The summed E-state index contributed by atoms with van der Waals surface area (Å²) in [4.78, 5) is 18.4. The van der Waals surface area contributed by atoms with E-state index in [9.17, 15) is 4.79 Å². The van der Waals surface area contributed by atoms with Gasteiger partial charge >= 0.3 is 0 Å². The van der Waals surface area contributed by atoms with E-state index in [2.05, 4.69) is 18.8 Å². The number of pyridine rings is 1. The number of aromatic nitrogens is 1. The Kier molecular flexibility index (Phi) is 5.55. The lowest BCUT2D eigenvalue weighted by atomic mass is 10.2. The van der Waals surface area contributed by atoms with Gasteiger partial charge in [-0.3, -0.25) is 9.78 Å². The molecule has 1 amide bonds. The largest absolute Gasteiger partial charge is 0.481 e. The maximum atomic E-state index is 12.2. The van der Waals surface area contributed by atoms with Gasteiger partial charge in [-0.1, -0.05) is 32.0 Å². The first-order chi connectivity index (χ1) is 10.3. The van der Waals surface area contributed by atoms with Crippen molar-refractivity contribution in [2.45, 2.75) is 26.7 Å². The number of benzene rings is 1. The second-order valence-corrected chi connectivity index (χ2v) is 5.00. The first kappa shape index (κ1) is 15.3. The van der Waals surface area contributed by atoms with Crippen LogP contribution in [0.1, 0.15) is 26.7 Å². The number of rotatable bonds is 7. The van der Waals surface area contributed by atoms with Crippen molar-refractivity contribution in [1.29, 1.82) is 0 Å². The predicted molar refractivity (Wildman–Crippen MR) is 84.4 cm³/mol. The van der Waals surface area contributed by atoms with Crippen LogP contribution in [-0.2, 0) is 4.79 Å². The number of fused-ring (bicyclic) bond motifs is 1. The molecular weight excluding hydrogens is 264 g/mol. The molecule has 1 aromatic heterocycles. The molecule has 1 heterocycles. The molecule has 0 aliphatic carbocycles. The Hall–Kier alpha value is -2.10. The zero-order valence-electron chi connectivity index (χ0n) is 12.7. The minimum Gasteiger partial charge on any atom is -0.481 e. The van der Waals surface area contributed by atoms with Crippen LogP contribution in [0.5, 0.6) is 5.75 Å². The van der Waals surface area contributed by atoms with Gasteiger partial charge in [0.2, 0.25) is 0 Å². The number of nitrogens with zero attached hydrogens (tertiary/aromatic N) is 2. The van der Waals surface area contributed by atoms with Crippen molar-refractivity contribution < 1.29 is 9.53 Å². The highest BCUT2D eigenvalue weighted by atomic mass is 16.5. The number of amides is 1. The molecule has 0 N–H and O–H groups in total. The Morgan fingerprint density at radius 3 is 2.57 bits per heavy atom. The third kappa shape index (κ3) is 3.94. The van der Waals surface area contributed by atoms with Crippen LogP contribution in [-0.4, -0.2) is 35.5 Å². The first-order valence-corrected chi connectivity index (χ1v) is 7.50. The van der Waals surface area contributed by atoms with Crippen molar-refractivity contribution in [3.05, 3.63) is 36.5 Å². The standard InChI is InChI=1S/C17H22N2O2/c1-3-11-19(12-4-2)16(20)13-21-15-9-5-7-14-8-6-10-18-17(14)15/h5-10H,3-4,11-13H2,1-2H3. The minimum atomic E-state index is 0.0339. The minimum absolute atomic E-state index is 0.0339. The van der Waals surface area contributed by atoms with Gasteiger partial charge in [-0.05, 0) is 25.0 Å². The molecule has 4 heteroatoms. The van der Waals surface area contributed by atoms with E-state index in [-0.39, 0.29) is 12.5 Å². The molecule has 0 spiro atoms. The van der Waals surface area contributed by atoms with Crippen molar-refractivity contribution in [1.82, 2.24) is 9.88 Å². The molecule has 1 aromatic carbocycles. The quantitative estimate of drug-likeness (QED) is 0.784.